The average Bonchev–Trinajstić information content (AvgIpc) is 3.54. The van der Waals surface area contributed by atoms with Gasteiger partial charge >= 0.3 is 0 Å². The van der Waals surface area contributed by atoms with Crippen molar-refractivity contribution in [3.8, 4) is 0 Å². The quantitative estimate of drug-likeness (QED) is 0.282. The van der Waals surface area contributed by atoms with Gasteiger partial charge in [-0.25, -0.2) is 0 Å². The third-order valence-corrected chi connectivity index (χ3v) is 16.1. The molecule has 7 aliphatic carbocycles. The third-order valence-electron chi connectivity index (χ3n) is 16.1. The normalized spacial score (nSPS) is 45.5. The number of rotatable bonds is 1. The van der Waals surface area contributed by atoms with E-state index in [1.807, 2.05) is 0 Å². The van der Waals surface area contributed by atoms with Crippen molar-refractivity contribution in [2.45, 2.75) is 142 Å². The summed E-state index contributed by atoms with van der Waals surface area (Å²) in [5.41, 5.74) is 9.23. The molecule has 0 aromatic carbocycles. The van der Waals surface area contributed by atoms with E-state index >= 15 is 0 Å². The second-order valence-corrected chi connectivity index (χ2v) is 22.1. The molecule has 244 valence electrons. The van der Waals surface area contributed by atoms with Gasteiger partial charge in [0.15, 0.2) is 0 Å². The Morgan fingerprint density at radius 2 is 0.841 bits per heavy atom. The topological polar surface area (TPSA) is 0 Å². The smallest absolute Gasteiger partial charge is 0.00921 e. The fraction of sp³-hybridized carbons (Fsp3) is 0.818. The molecule has 5 saturated carbocycles. The molecule has 0 N–H and O–H groups in total. The van der Waals surface area contributed by atoms with Crippen LogP contribution < -0.4 is 0 Å². The van der Waals surface area contributed by atoms with E-state index < -0.39 is 0 Å². The lowest BCUT2D eigenvalue weighted by molar-refractivity contribution is 0.0583. The molecule has 44 heavy (non-hydrogen) atoms. The van der Waals surface area contributed by atoms with Gasteiger partial charge in [0.2, 0.25) is 0 Å². The van der Waals surface area contributed by atoms with Crippen LogP contribution in [-0.4, -0.2) is 0 Å². The third kappa shape index (κ3) is 4.33. The Morgan fingerprint density at radius 3 is 1.20 bits per heavy atom. The summed E-state index contributed by atoms with van der Waals surface area (Å²) in [6.07, 6.45) is 21.3. The number of hydrogen-bond donors (Lipinski definition) is 0. The highest BCUT2D eigenvalue weighted by Crippen LogP contribution is 2.74. The minimum atomic E-state index is 0.280. The fourth-order valence-corrected chi connectivity index (χ4v) is 13.2. The van der Waals surface area contributed by atoms with E-state index in [1.54, 1.807) is 22.3 Å². The van der Waals surface area contributed by atoms with Crippen LogP contribution >= 0.6 is 0 Å². The van der Waals surface area contributed by atoms with Crippen molar-refractivity contribution >= 4 is 0 Å². The summed E-state index contributed by atoms with van der Waals surface area (Å²) in [7, 11) is 0. The second-order valence-electron chi connectivity index (χ2n) is 22.1. The van der Waals surface area contributed by atoms with Crippen LogP contribution in [0.15, 0.2) is 46.6 Å². The Hall–Kier alpha value is -1.04. The minimum absolute atomic E-state index is 0.280. The first kappa shape index (κ1) is 31.6. The Labute approximate surface area is 273 Å². The van der Waals surface area contributed by atoms with Gasteiger partial charge < -0.3 is 0 Å². The van der Waals surface area contributed by atoms with Crippen LogP contribution in [0.25, 0.3) is 0 Å². The molecule has 0 aliphatic heterocycles. The lowest BCUT2D eigenvalue weighted by Gasteiger charge is -2.50. The maximum absolute atomic E-state index is 2.95. The first-order valence-corrected chi connectivity index (χ1v) is 18.9. The van der Waals surface area contributed by atoms with E-state index in [1.165, 1.54) is 44.9 Å². The second kappa shape index (κ2) is 9.10. The largest absolute Gasteiger partial charge is 0.0764 e. The Kier molecular flexibility index (Phi) is 6.53. The van der Waals surface area contributed by atoms with Gasteiger partial charge in [-0.3, -0.25) is 0 Å². The first-order chi connectivity index (χ1) is 20.0. The Bertz CT molecular complexity index is 1280. The summed E-state index contributed by atoms with van der Waals surface area (Å²) < 4.78 is 0. The highest BCUT2D eigenvalue weighted by atomic mass is 14.7. The van der Waals surface area contributed by atoms with Crippen LogP contribution in [0, 0.1) is 85.2 Å². The van der Waals surface area contributed by atoms with Crippen LogP contribution in [0.3, 0.4) is 0 Å². The molecule has 0 aromatic rings. The van der Waals surface area contributed by atoms with Crippen LogP contribution in [0.4, 0.5) is 0 Å². The molecule has 8 unspecified atom stereocenters. The van der Waals surface area contributed by atoms with Gasteiger partial charge in [0.05, 0.1) is 0 Å². The maximum Gasteiger partial charge on any atom is -0.00921 e. The molecular weight excluding hydrogens is 528 g/mol. The van der Waals surface area contributed by atoms with Crippen molar-refractivity contribution in [1.82, 2.24) is 0 Å². The monoisotopic (exact) mass is 597 g/mol. The molecule has 0 bridgehead atoms. The highest BCUT2D eigenvalue weighted by molar-refractivity contribution is 5.51. The molecule has 7 rings (SSSR count). The van der Waals surface area contributed by atoms with Crippen LogP contribution in [0.1, 0.15) is 142 Å². The molecule has 0 nitrogen and oxygen atoms in total. The van der Waals surface area contributed by atoms with Crippen molar-refractivity contribution in [3.05, 3.63) is 46.6 Å². The summed E-state index contributed by atoms with van der Waals surface area (Å²) in [5, 5.41) is 0. The van der Waals surface area contributed by atoms with E-state index in [0.717, 1.165) is 23.7 Å². The zero-order chi connectivity index (χ0) is 32.2. The molecule has 5 fully saturated rings. The van der Waals surface area contributed by atoms with Gasteiger partial charge in [0.1, 0.15) is 0 Å². The van der Waals surface area contributed by atoms with Gasteiger partial charge in [0.25, 0.3) is 0 Å². The summed E-state index contributed by atoms with van der Waals surface area (Å²) in [6, 6.07) is 0. The first-order valence-electron chi connectivity index (χ1n) is 18.9. The SMILES string of the molecule is CC1(C)CCC(C)(C)C2=CC3C(C=C21)C1C=C2C(=CC1C3C1(C)CC(C)(C)C3CC(C(C)(C)C)CC31)C(C)(C)CCC2(C)C. The van der Waals surface area contributed by atoms with E-state index in [9.17, 15) is 0 Å². The predicted molar refractivity (Wildman–Crippen MR) is 189 cm³/mol. The standard InChI is InChI=1S/C44H68/c1-38(2,3)26-19-31-36(20-26)44(14,25-43(31,12)13)37-29-23-34-32(39(4,5)15-17-41(34,8)9)21-27(29)28-22-33-35(24-30(28)37)42(10,11)18-16-40(33,6)7/h21-24,26-31,36-37H,15-20,25H2,1-14H3. The minimum Gasteiger partial charge on any atom is -0.0764 e. The number of hydrogen-bond acceptors (Lipinski definition) is 0. The fourth-order valence-electron chi connectivity index (χ4n) is 13.2. The van der Waals surface area contributed by atoms with E-state index in [0.29, 0.717) is 39.9 Å². The van der Waals surface area contributed by atoms with Gasteiger partial charge in [-0.2, -0.15) is 0 Å². The molecule has 0 saturated heterocycles. The lowest BCUT2D eigenvalue weighted by atomic mass is 9.55. The average molecular weight is 597 g/mol. The van der Waals surface area contributed by atoms with Gasteiger partial charge in [-0.15, -0.1) is 0 Å². The van der Waals surface area contributed by atoms with Gasteiger partial charge in [-0.1, -0.05) is 121 Å². The number of fused-ring (bicyclic) bond motifs is 6. The van der Waals surface area contributed by atoms with Crippen molar-refractivity contribution in [2.75, 3.05) is 0 Å². The van der Waals surface area contributed by atoms with Crippen LogP contribution in [0.5, 0.6) is 0 Å². The zero-order valence-electron chi connectivity index (χ0n) is 31.4. The molecule has 0 aromatic heterocycles. The van der Waals surface area contributed by atoms with Gasteiger partial charge in [-0.05, 0) is 152 Å². The summed E-state index contributed by atoms with van der Waals surface area (Å²) in [6.45, 7) is 36.2. The molecule has 0 amide bonds. The van der Waals surface area contributed by atoms with E-state index in [4.69, 9.17) is 0 Å². The van der Waals surface area contributed by atoms with Crippen molar-refractivity contribution in [1.29, 1.82) is 0 Å². The zero-order valence-corrected chi connectivity index (χ0v) is 31.4. The molecule has 7 aliphatic rings. The van der Waals surface area contributed by atoms with Crippen LogP contribution in [-0.2, 0) is 0 Å². The Balaban J connectivity index is 1.42. The Morgan fingerprint density at radius 1 is 0.500 bits per heavy atom. The molecular formula is C44H68. The molecule has 0 radical (unpaired) electrons. The number of allylic oxidation sites excluding steroid dienone is 8. The molecule has 8 atom stereocenters. The lowest BCUT2D eigenvalue weighted by Crippen LogP contribution is -2.41. The summed E-state index contributed by atoms with van der Waals surface area (Å²) >= 11 is 0. The summed E-state index contributed by atoms with van der Waals surface area (Å²) in [5.74, 6) is 5.90. The van der Waals surface area contributed by atoms with Crippen molar-refractivity contribution in [2.24, 2.45) is 85.2 Å². The highest BCUT2D eigenvalue weighted by Gasteiger charge is 2.67. The molecule has 0 heterocycles. The van der Waals surface area contributed by atoms with Crippen molar-refractivity contribution in [3.63, 3.8) is 0 Å². The summed E-state index contributed by atoms with van der Waals surface area (Å²) in [4.78, 5) is 0. The van der Waals surface area contributed by atoms with Crippen molar-refractivity contribution < 1.29 is 0 Å². The predicted octanol–water partition coefficient (Wildman–Crippen LogP) is 12.6. The maximum atomic E-state index is 2.95. The van der Waals surface area contributed by atoms with E-state index in [-0.39, 0.29) is 21.7 Å². The van der Waals surface area contributed by atoms with Crippen LogP contribution in [0.2, 0.25) is 0 Å². The van der Waals surface area contributed by atoms with E-state index in [2.05, 4.69) is 121 Å². The van der Waals surface area contributed by atoms with Gasteiger partial charge in [0, 0.05) is 0 Å². The molecule has 0 heteroatoms. The molecule has 0 spiro atoms.